The van der Waals surface area contributed by atoms with Crippen molar-refractivity contribution in [3.63, 3.8) is 0 Å². The first-order chi connectivity index (χ1) is 19.4. The lowest BCUT2D eigenvalue weighted by atomic mass is 9.86. The fraction of sp³-hybridized carbons (Fsp3) is 0. The van der Waals surface area contributed by atoms with Gasteiger partial charge in [0.1, 0.15) is 0 Å². The van der Waals surface area contributed by atoms with Gasteiger partial charge in [0, 0.05) is 21.8 Å². The van der Waals surface area contributed by atoms with Crippen LogP contribution in [0.1, 0.15) is 0 Å². The van der Waals surface area contributed by atoms with E-state index >= 15 is 0 Å². The topological polar surface area (TPSA) is 15.8 Å². The largest absolute Gasteiger partial charge is 0.355 e. The Kier molecular flexibility index (Phi) is 5.88. The number of hydrogen-bond donors (Lipinski definition) is 1. The van der Waals surface area contributed by atoms with Gasteiger partial charge < -0.3 is 4.98 Å². The first-order valence-electron chi connectivity index (χ1n) is 13.4. The molecule has 7 aromatic carbocycles. The Balaban J connectivity index is 0.000000162. The zero-order valence-corrected chi connectivity index (χ0v) is 21.5. The Morgan fingerprint density at radius 1 is 0.256 bits per heavy atom. The number of aromatic amines is 1. The maximum atomic E-state index is 3.38. The fourth-order valence-corrected chi connectivity index (χ4v) is 5.76. The van der Waals surface area contributed by atoms with E-state index in [0.29, 0.717) is 0 Å². The van der Waals surface area contributed by atoms with E-state index in [-0.39, 0.29) is 0 Å². The van der Waals surface area contributed by atoms with Crippen LogP contribution in [0, 0.1) is 0 Å². The van der Waals surface area contributed by atoms with Crippen LogP contribution in [-0.2, 0) is 0 Å². The predicted octanol–water partition coefficient (Wildman–Crippen LogP) is 10.6. The number of nitrogens with one attached hydrogen (secondary N) is 1. The zero-order chi connectivity index (χ0) is 26.0. The molecule has 8 aromatic rings. The Hall–Kier alpha value is -5.14. The molecule has 0 amide bonds. The molecule has 0 aliphatic carbocycles. The fourth-order valence-electron chi connectivity index (χ4n) is 5.76. The van der Waals surface area contributed by atoms with Gasteiger partial charge in [-0.2, -0.15) is 0 Å². The lowest BCUT2D eigenvalue weighted by Gasteiger charge is -2.17. The summed E-state index contributed by atoms with van der Waals surface area (Å²) in [6, 6.07) is 55.7. The molecule has 39 heavy (non-hydrogen) atoms. The Morgan fingerprint density at radius 3 is 0.897 bits per heavy atom. The lowest BCUT2D eigenvalue weighted by Crippen LogP contribution is -1.90. The maximum absolute atomic E-state index is 3.38. The molecule has 0 radical (unpaired) electrons. The molecule has 0 saturated carbocycles. The number of hydrogen-bond acceptors (Lipinski definition) is 0. The molecular formula is C38H27N. The van der Waals surface area contributed by atoms with E-state index in [1.54, 1.807) is 0 Å². The molecule has 0 spiro atoms. The first-order valence-corrected chi connectivity index (χ1v) is 13.4. The molecule has 0 aliphatic rings. The number of aromatic nitrogens is 1. The molecule has 0 atom stereocenters. The second kappa shape index (κ2) is 9.96. The number of H-pyrrole nitrogens is 1. The molecule has 1 N–H and O–H groups in total. The van der Waals surface area contributed by atoms with Crippen LogP contribution in [-0.4, -0.2) is 4.98 Å². The number of benzene rings is 7. The van der Waals surface area contributed by atoms with Crippen LogP contribution < -0.4 is 0 Å². The third kappa shape index (κ3) is 4.15. The number of fused-ring (bicyclic) bond motifs is 5. The normalized spacial score (nSPS) is 11.1. The highest BCUT2D eigenvalue weighted by Gasteiger charge is 2.15. The molecule has 0 bridgehead atoms. The second-order valence-corrected chi connectivity index (χ2v) is 9.79. The van der Waals surface area contributed by atoms with Crippen molar-refractivity contribution in [3.8, 4) is 22.3 Å². The molecule has 0 saturated heterocycles. The van der Waals surface area contributed by atoms with E-state index in [2.05, 4.69) is 163 Å². The smallest absolute Gasteiger partial charge is 0.0464 e. The van der Waals surface area contributed by atoms with Gasteiger partial charge in [-0.1, -0.05) is 146 Å². The summed E-state index contributed by atoms with van der Waals surface area (Å²) in [4.78, 5) is 3.38. The van der Waals surface area contributed by atoms with E-state index in [1.807, 2.05) is 0 Å². The SMILES string of the molecule is c1ccc(-c2c3ccccc3c(-c3ccccc3)c3ccccc23)cc1.c1ccc2c(c1)[nH]c1ccccc12. The van der Waals surface area contributed by atoms with Gasteiger partial charge in [-0.3, -0.25) is 0 Å². The summed E-state index contributed by atoms with van der Waals surface area (Å²) in [6.45, 7) is 0. The summed E-state index contributed by atoms with van der Waals surface area (Å²) in [6.07, 6.45) is 0. The molecule has 1 nitrogen and oxygen atoms in total. The van der Waals surface area contributed by atoms with E-state index in [4.69, 9.17) is 0 Å². The maximum Gasteiger partial charge on any atom is 0.0464 e. The van der Waals surface area contributed by atoms with Crippen LogP contribution in [0.5, 0.6) is 0 Å². The van der Waals surface area contributed by atoms with Crippen molar-refractivity contribution in [3.05, 3.63) is 158 Å². The van der Waals surface area contributed by atoms with E-state index in [0.717, 1.165) is 0 Å². The summed E-state index contributed by atoms with van der Waals surface area (Å²) in [5, 5.41) is 7.82. The summed E-state index contributed by atoms with van der Waals surface area (Å²) in [5.41, 5.74) is 7.58. The zero-order valence-electron chi connectivity index (χ0n) is 21.5. The summed E-state index contributed by atoms with van der Waals surface area (Å²) < 4.78 is 0. The number of para-hydroxylation sites is 2. The van der Waals surface area contributed by atoms with Crippen LogP contribution in [0.4, 0.5) is 0 Å². The van der Waals surface area contributed by atoms with E-state index in [1.165, 1.54) is 65.6 Å². The van der Waals surface area contributed by atoms with Crippen molar-refractivity contribution >= 4 is 43.4 Å². The van der Waals surface area contributed by atoms with Gasteiger partial charge in [0.05, 0.1) is 0 Å². The van der Waals surface area contributed by atoms with Gasteiger partial charge in [0.15, 0.2) is 0 Å². The first kappa shape index (κ1) is 23.0. The summed E-state index contributed by atoms with van der Waals surface area (Å²) in [5.74, 6) is 0. The minimum atomic E-state index is 1.21. The van der Waals surface area contributed by atoms with Gasteiger partial charge in [-0.15, -0.1) is 0 Å². The molecule has 184 valence electrons. The van der Waals surface area contributed by atoms with Gasteiger partial charge in [0.2, 0.25) is 0 Å². The van der Waals surface area contributed by atoms with Crippen LogP contribution in [0.15, 0.2) is 158 Å². The van der Waals surface area contributed by atoms with Crippen LogP contribution in [0.3, 0.4) is 0 Å². The summed E-state index contributed by atoms with van der Waals surface area (Å²) >= 11 is 0. The Bertz CT molecular complexity index is 1850. The van der Waals surface area contributed by atoms with Gasteiger partial charge in [-0.25, -0.2) is 0 Å². The third-order valence-electron chi connectivity index (χ3n) is 7.47. The molecule has 0 aliphatic heterocycles. The van der Waals surface area contributed by atoms with Gasteiger partial charge >= 0.3 is 0 Å². The monoisotopic (exact) mass is 497 g/mol. The Labute approximate surface area is 228 Å². The van der Waals surface area contributed by atoms with Crippen molar-refractivity contribution in [2.24, 2.45) is 0 Å². The molecule has 8 rings (SSSR count). The van der Waals surface area contributed by atoms with Crippen LogP contribution in [0.25, 0.3) is 65.6 Å². The van der Waals surface area contributed by atoms with Gasteiger partial charge in [-0.05, 0) is 55.9 Å². The van der Waals surface area contributed by atoms with Crippen molar-refractivity contribution in [2.45, 2.75) is 0 Å². The highest BCUT2D eigenvalue weighted by atomic mass is 14.7. The molecule has 1 heteroatoms. The molecule has 0 unspecified atom stereocenters. The predicted molar refractivity (Wildman–Crippen MR) is 168 cm³/mol. The van der Waals surface area contributed by atoms with Crippen molar-refractivity contribution in [1.82, 2.24) is 4.98 Å². The third-order valence-corrected chi connectivity index (χ3v) is 7.47. The molecular weight excluding hydrogens is 470 g/mol. The van der Waals surface area contributed by atoms with Crippen LogP contribution >= 0.6 is 0 Å². The van der Waals surface area contributed by atoms with E-state index < -0.39 is 0 Å². The highest BCUT2D eigenvalue weighted by molar-refractivity contribution is 6.21. The lowest BCUT2D eigenvalue weighted by molar-refractivity contribution is 1.55. The van der Waals surface area contributed by atoms with Crippen LogP contribution in [0.2, 0.25) is 0 Å². The minimum Gasteiger partial charge on any atom is -0.355 e. The molecule has 1 heterocycles. The summed E-state index contributed by atoms with van der Waals surface area (Å²) in [7, 11) is 0. The molecule has 0 fully saturated rings. The standard InChI is InChI=1S/C26H18.C12H9N/c1-3-11-19(12-4-1)25-21-15-7-9-17-23(21)26(20-13-5-2-6-14-20)24-18-10-8-16-22(24)25;1-3-7-11-9(5-1)10-6-2-4-8-12(10)13-11/h1-18H;1-8,13H. The Morgan fingerprint density at radius 2 is 0.538 bits per heavy atom. The van der Waals surface area contributed by atoms with Gasteiger partial charge in [0.25, 0.3) is 0 Å². The number of rotatable bonds is 2. The molecule has 1 aromatic heterocycles. The van der Waals surface area contributed by atoms with Crippen molar-refractivity contribution in [1.29, 1.82) is 0 Å². The average molecular weight is 498 g/mol. The van der Waals surface area contributed by atoms with Crippen molar-refractivity contribution < 1.29 is 0 Å². The van der Waals surface area contributed by atoms with E-state index in [9.17, 15) is 0 Å². The van der Waals surface area contributed by atoms with Crippen molar-refractivity contribution in [2.75, 3.05) is 0 Å². The minimum absolute atomic E-state index is 1.21. The highest BCUT2D eigenvalue weighted by Crippen LogP contribution is 2.43. The quantitative estimate of drug-likeness (QED) is 0.229. The average Bonchev–Trinajstić information content (AvgIpc) is 3.40. The second-order valence-electron chi connectivity index (χ2n) is 9.79.